The second-order valence-corrected chi connectivity index (χ2v) is 5.02. The van der Waals surface area contributed by atoms with E-state index in [-0.39, 0.29) is 17.6 Å². The molecule has 23 heavy (non-hydrogen) atoms. The zero-order valence-electron chi connectivity index (χ0n) is 13.1. The van der Waals surface area contributed by atoms with Gasteiger partial charge in [0.05, 0.1) is 6.26 Å². The minimum absolute atomic E-state index is 0.169. The van der Waals surface area contributed by atoms with E-state index < -0.39 is 0 Å². The van der Waals surface area contributed by atoms with Crippen molar-refractivity contribution in [2.75, 3.05) is 25.0 Å². The molecule has 0 radical (unpaired) electrons. The summed E-state index contributed by atoms with van der Waals surface area (Å²) in [6.45, 7) is 4.31. The van der Waals surface area contributed by atoms with Gasteiger partial charge in [-0.15, -0.1) is 0 Å². The molecule has 2 rings (SSSR count). The molecule has 0 bridgehead atoms. The van der Waals surface area contributed by atoms with E-state index in [1.54, 1.807) is 36.4 Å². The van der Waals surface area contributed by atoms with Crippen LogP contribution in [-0.4, -0.2) is 31.4 Å². The molecule has 0 spiro atoms. The predicted octanol–water partition coefficient (Wildman–Crippen LogP) is 2.26. The van der Waals surface area contributed by atoms with Crippen molar-refractivity contribution >= 4 is 17.5 Å². The molecule has 0 unspecified atom stereocenters. The van der Waals surface area contributed by atoms with Gasteiger partial charge in [-0.05, 0) is 43.3 Å². The van der Waals surface area contributed by atoms with Gasteiger partial charge in [0.2, 0.25) is 0 Å². The maximum Gasteiger partial charge on any atom is 0.291 e. The van der Waals surface area contributed by atoms with Gasteiger partial charge in [-0.25, -0.2) is 0 Å². The van der Waals surface area contributed by atoms with Crippen LogP contribution < -0.4 is 16.0 Å². The summed E-state index contributed by atoms with van der Waals surface area (Å²) in [5.74, 6) is -0.296. The molecule has 0 saturated heterocycles. The van der Waals surface area contributed by atoms with Gasteiger partial charge >= 0.3 is 0 Å². The molecule has 0 aliphatic rings. The van der Waals surface area contributed by atoms with Crippen molar-refractivity contribution < 1.29 is 14.0 Å². The lowest BCUT2D eigenvalue weighted by Crippen LogP contribution is -2.32. The van der Waals surface area contributed by atoms with E-state index in [1.165, 1.54) is 6.26 Å². The standard InChI is InChI=1S/C17H21N3O3/c1-2-8-18-9-10-19-16(21)13-5-3-6-14(12-13)20-17(22)15-7-4-11-23-15/h3-7,11-12,18H,2,8-10H2,1H3,(H,19,21)(H,20,22). The fourth-order valence-electron chi connectivity index (χ4n) is 2.01. The molecule has 122 valence electrons. The highest BCUT2D eigenvalue weighted by molar-refractivity contribution is 6.03. The Balaban J connectivity index is 1.88. The summed E-state index contributed by atoms with van der Waals surface area (Å²) in [4.78, 5) is 24.0. The van der Waals surface area contributed by atoms with Crippen LogP contribution in [0.15, 0.2) is 47.1 Å². The van der Waals surface area contributed by atoms with E-state index in [2.05, 4.69) is 22.9 Å². The SMILES string of the molecule is CCCNCCNC(=O)c1cccc(NC(=O)c2ccco2)c1. The molecule has 3 N–H and O–H groups in total. The normalized spacial score (nSPS) is 10.3. The Labute approximate surface area is 135 Å². The van der Waals surface area contributed by atoms with Gasteiger partial charge in [0.25, 0.3) is 11.8 Å². The third-order valence-electron chi connectivity index (χ3n) is 3.14. The zero-order valence-corrected chi connectivity index (χ0v) is 13.1. The largest absolute Gasteiger partial charge is 0.459 e. The molecule has 0 aliphatic heterocycles. The number of furan rings is 1. The molecule has 6 heteroatoms. The number of carbonyl (C=O) groups excluding carboxylic acids is 2. The molecule has 1 heterocycles. The highest BCUT2D eigenvalue weighted by Crippen LogP contribution is 2.12. The Morgan fingerprint density at radius 3 is 2.65 bits per heavy atom. The quantitative estimate of drug-likeness (QED) is 0.653. The summed E-state index contributed by atoms with van der Waals surface area (Å²) < 4.78 is 5.03. The summed E-state index contributed by atoms with van der Waals surface area (Å²) in [6, 6.07) is 10.0. The number of carbonyl (C=O) groups is 2. The Morgan fingerprint density at radius 1 is 1.04 bits per heavy atom. The minimum atomic E-state index is -0.351. The third-order valence-corrected chi connectivity index (χ3v) is 3.14. The van der Waals surface area contributed by atoms with Crippen molar-refractivity contribution in [1.29, 1.82) is 0 Å². The first kappa shape index (κ1) is 16.8. The number of nitrogens with one attached hydrogen (secondary N) is 3. The second-order valence-electron chi connectivity index (χ2n) is 5.02. The van der Waals surface area contributed by atoms with Crippen LogP contribution in [0.25, 0.3) is 0 Å². The highest BCUT2D eigenvalue weighted by Gasteiger charge is 2.10. The van der Waals surface area contributed by atoms with Crippen molar-refractivity contribution in [3.63, 3.8) is 0 Å². The summed E-state index contributed by atoms with van der Waals surface area (Å²) in [6.07, 6.45) is 2.50. The van der Waals surface area contributed by atoms with Crippen LogP contribution in [0, 0.1) is 0 Å². The molecule has 0 fully saturated rings. The van der Waals surface area contributed by atoms with Gasteiger partial charge in [0.1, 0.15) is 0 Å². The predicted molar refractivity (Wildman–Crippen MR) is 88.6 cm³/mol. The van der Waals surface area contributed by atoms with Crippen LogP contribution in [0.4, 0.5) is 5.69 Å². The smallest absolute Gasteiger partial charge is 0.291 e. The highest BCUT2D eigenvalue weighted by atomic mass is 16.3. The molecule has 0 aliphatic carbocycles. The average Bonchev–Trinajstić information content (AvgIpc) is 3.09. The van der Waals surface area contributed by atoms with Crippen molar-refractivity contribution in [2.24, 2.45) is 0 Å². The average molecular weight is 315 g/mol. The van der Waals surface area contributed by atoms with Crippen LogP contribution in [-0.2, 0) is 0 Å². The maximum absolute atomic E-state index is 12.1. The lowest BCUT2D eigenvalue weighted by Gasteiger charge is -2.08. The van der Waals surface area contributed by atoms with Crippen molar-refractivity contribution in [3.8, 4) is 0 Å². The van der Waals surface area contributed by atoms with Crippen molar-refractivity contribution in [3.05, 3.63) is 54.0 Å². The number of amides is 2. The van der Waals surface area contributed by atoms with E-state index in [0.717, 1.165) is 19.5 Å². The summed E-state index contributed by atoms with van der Waals surface area (Å²) in [5.41, 5.74) is 1.04. The van der Waals surface area contributed by atoms with Gasteiger partial charge < -0.3 is 20.4 Å². The minimum Gasteiger partial charge on any atom is -0.459 e. The molecule has 2 aromatic rings. The topological polar surface area (TPSA) is 83.4 Å². The summed E-state index contributed by atoms with van der Waals surface area (Å²) in [7, 11) is 0. The fourth-order valence-corrected chi connectivity index (χ4v) is 2.01. The van der Waals surface area contributed by atoms with Crippen LogP contribution >= 0.6 is 0 Å². The number of hydrogen-bond acceptors (Lipinski definition) is 4. The molecular formula is C17H21N3O3. The van der Waals surface area contributed by atoms with Crippen LogP contribution in [0.2, 0.25) is 0 Å². The molecule has 6 nitrogen and oxygen atoms in total. The molecule has 1 aromatic carbocycles. The van der Waals surface area contributed by atoms with Crippen LogP contribution in [0.1, 0.15) is 34.3 Å². The van der Waals surface area contributed by atoms with Crippen LogP contribution in [0.3, 0.4) is 0 Å². The van der Waals surface area contributed by atoms with Gasteiger partial charge in [0.15, 0.2) is 5.76 Å². The Kier molecular flexibility index (Phi) is 6.38. The Hall–Kier alpha value is -2.60. The van der Waals surface area contributed by atoms with Gasteiger partial charge in [-0.1, -0.05) is 13.0 Å². The van der Waals surface area contributed by atoms with Crippen LogP contribution in [0.5, 0.6) is 0 Å². The first-order chi connectivity index (χ1) is 11.2. The molecule has 1 aromatic heterocycles. The number of hydrogen-bond donors (Lipinski definition) is 3. The Morgan fingerprint density at radius 2 is 1.91 bits per heavy atom. The van der Waals surface area contributed by atoms with Gasteiger partial charge in [-0.2, -0.15) is 0 Å². The summed E-state index contributed by atoms with van der Waals surface area (Å²) >= 11 is 0. The van der Waals surface area contributed by atoms with E-state index >= 15 is 0 Å². The number of rotatable bonds is 8. The number of benzene rings is 1. The zero-order chi connectivity index (χ0) is 16.5. The van der Waals surface area contributed by atoms with Crippen molar-refractivity contribution in [1.82, 2.24) is 10.6 Å². The monoisotopic (exact) mass is 315 g/mol. The summed E-state index contributed by atoms with van der Waals surface area (Å²) in [5, 5.41) is 8.74. The molecule has 2 amide bonds. The molecular weight excluding hydrogens is 294 g/mol. The Bertz CT molecular complexity index is 638. The lowest BCUT2D eigenvalue weighted by molar-refractivity contribution is 0.0951. The van der Waals surface area contributed by atoms with Crippen molar-refractivity contribution in [2.45, 2.75) is 13.3 Å². The van der Waals surface area contributed by atoms with E-state index in [9.17, 15) is 9.59 Å². The lowest BCUT2D eigenvalue weighted by atomic mass is 10.2. The maximum atomic E-state index is 12.1. The second kappa shape index (κ2) is 8.75. The first-order valence-electron chi connectivity index (χ1n) is 7.64. The first-order valence-corrected chi connectivity index (χ1v) is 7.64. The molecule has 0 saturated carbocycles. The van der Waals surface area contributed by atoms with Gasteiger partial charge in [-0.3, -0.25) is 9.59 Å². The van der Waals surface area contributed by atoms with E-state index in [1.807, 2.05) is 0 Å². The van der Waals surface area contributed by atoms with E-state index in [4.69, 9.17) is 4.42 Å². The molecule has 0 atom stereocenters. The number of anilines is 1. The van der Waals surface area contributed by atoms with Gasteiger partial charge in [0, 0.05) is 24.3 Å². The van der Waals surface area contributed by atoms with E-state index in [0.29, 0.717) is 17.8 Å². The fraction of sp³-hybridized carbons (Fsp3) is 0.294. The third kappa shape index (κ3) is 5.27.